The molecule has 4 heteroatoms. The van der Waals surface area contributed by atoms with Gasteiger partial charge in [0.2, 0.25) is 0 Å². The number of rotatable bonds is 3. The summed E-state index contributed by atoms with van der Waals surface area (Å²) in [6, 6.07) is 7.38. The van der Waals surface area contributed by atoms with E-state index >= 15 is 0 Å². The molecule has 1 aromatic heterocycles. The van der Waals surface area contributed by atoms with Crippen molar-refractivity contribution < 1.29 is 5.11 Å². The van der Waals surface area contributed by atoms with Crippen molar-refractivity contribution >= 4 is 11.3 Å². The van der Waals surface area contributed by atoms with Crippen molar-refractivity contribution in [3.63, 3.8) is 0 Å². The summed E-state index contributed by atoms with van der Waals surface area (Å²) in [6.45, 7) is 2.08. The summed E-state index contributed by atoms with van der Waals surface area (Å²) in [5.74, 6) is 0.282. The van der Waals surface area contributed by atoms with Gasteiger partial charge in [0.15, 0.2) is 0 Å². The Kier molecular flexibility index (Phi) is 3.22. The highest BCUT2D eigenvalue weighted by Gasteiger charge is 2.09. The van der Waals surface area contributed by atoms with Gasteiger partial charge in [-0.2, -0.15) is 0 Å². The molecule has 3 nitrogen and oxygen atoms in total. The zero-order valence-corrected chi connectivity index (χ0v) is 10.1. The first-order valence-electron chi connectivity index (χ1n) is 5.13. The Labute approximate surface area is 98.8 Å². The summed E-state index contributed by atoms with van der Waals surface area (Å²) < 4.78 is 0. The molecule has 0 saturated carbocycles. The third-order valence-electron chi connectivity index (χ3n) is 2.51. The maximum absolute atomic E-state index is 9.21. The number of nitrogens with one attached hydrogen (secondary N) is 1. The van der Waals surface area contributed by atoms with Crippen LogP contribution in [-0.2, 0) is 0 Å². The van der Waals surface area contributed by atoms with Crippen molar-refractivity contribution in [1.82, 2.24) is 10.3 Å². The van der Waals surface area contributed by atoms with E-state index in [4.69, 9.17) is 0 Å². The summed E-state index contributed by atoms with van der Waals surface area (Å²) in [4.78, 5) is 4.56. The molecular formula is C12H14N2OS. The van der Waals surface area contributed by atoms with Crippen LogP contribution in [0.1, 0.15) is 18.7 Å². The predicted octanol–water partition coefficient (Wildman–Crippen LogP) is 2.80. The van der Waals surface area contributed by atoms with Crippen LogP contribution in [0.4, 0.5) is 0 Å². The third kappa shape index (κ3) is 2.23. The number of hydrogen-bond donors (Lipinski definition) is 2. The number of phenolic OH excluding ortho intramolecular Hbond substituents is 1. The lowest BCUT2D eigenvalue weighted by molar-refractivity contribution is 0.475. The van der Waals surface area contributed by atoms with Gasteiger partial charge in [-0.3, -0.25) is 0 Å². The molecule has 1 heterocycles. The second-order valence-corrected chi connectivity index (χ2v) is 4.49. The van der Waals surface area contributed by atoms with E-state index in [2.05, 4.69) is 22.6 Å². The fourth-order valence-corrected chi connectivity index (χ4v) is 2.29. The van der Waals surface area contributed by atoms with Crippen LogP contribution in [0.15, 0.2) is 29.6 Å². The molecule has 2 rings (SSSR count). The van der Waals surface area contributed by atoms with Crippen molar-refractivity contribution in [3.8, 4) is 16.3 Å². The normalized spacial score (nSPS) is 12.6. The summed E-state index contributed by atoms with van der Waals surface area (Å²) in [7, 11) is 1.92. The Balaban J connectivity index is 2.28. The molecule has 0 amide bonds. The molecule has 1 unspecified atom stereocenters. The van der Waals surface area contributed by atoms with E-state index in [0.29, 0.717) is 0 Å². The van der Waals surface area contributed by atoms with Crippen molar-refractivity contribution in [2.45, 2.75) is 13.0 Å². The molecule has 2 aromatic rings. The smallest absolute Gasteiger partial charge is 0.123 e. The van der Waals surface area contributed by atoms with Gasteiger partial charge in [0.1, 0.15) is 10.8 Å². The molecule has 0 saturated heterocycles. The van der Waals surface area contributed by atoms with Crippen molar-refractivity contribution in [3.05, 3.63) is 35.3 Å². The zero-order chi connectivity index (χ0) is 11.5. The lowest BCUT2D eigenvalue weighted by atomic mass is 10.2. The number of thiazole rings is 1. The number of nitrogens with zero attached hydrogens (tertiary/aromatic N) is 1. The summed E-state index contributed by atoms with van der Waals surface area (Å²) >= 11 is 1.62. The van der Waals surface area contributed by atoms with E-state index in [1.54, 1.807) is 23.5 Å². The van der Waals surface area contributed by atoms with Crippen LogP contribution in [0.25, 0.3) is 10.6 Å². The fourth-order valence-electron chi connectivity index (χ4n) is 1.37. The van der Waals surface area contributed by atoms with Crippen LogP contribution >= 0.6 is 11.3 Å². The SMILES string of the molecule is CNC(C)c1csc(-c2ccc(O)cc2)n1. The van der Waals surface area contributed by atoms with Gasteiger partial charge >= 0.3 is 0 Å². The van der Waals surface area contributed by atoms with Crippen LogP contribution in [-0.4, -0.2) is 17.1 Å². The lowest BCUT2D eigenvalue weighted by Gasteiger charge is -2.04. The standard InChI is InChI=1S/C12H14N2OS/c1-8(13-2)11-7-16-12(14-11)9-3-5-10(15)6-4-9/h3-8,13,15H,1-2H3. The Morgan fingerprint density at radius 2 is 2.00 bits per heavy atom. The minimum Gasteiger partial charge on any atom is -0.508 e. The van der Waals surface area contributed by atoms with Gasteiger partial charge in [0.05, 0.1) is 5.69 Å². The van der Waals surface area contributed by atoms with Crippen molar-refractivity contribution in [2.24, 2.45) is 0 Å². The van der Waals surface area contributed by atoms with Crippen molar-refractivity contribution in [2.75, 3.05) is 7.05 Å². The molecule has 16 heavy (non-hydrogen) atoms. The maximum Gasteiger partial charge on any atom is 0.123 e. The molecule has 0 aliphatic carbocycles. The second-order valence-electron chi connectivity index (χ2n) is 3.63. The third-order valence-corrected chi connectivity index (χ3v) is 3.42. The van der Waals surface area contributed by atoms with Gasteiger partial charge in [-0.15, -0.1) is 11.3 Å². The summed E-state index contributed by atoms with van der Waals surface area (Å²) in [5, 5.41) is 15.4. The van der Waals surface area contributed by atoms with Gasteiger partial charge < -0.3 is 10.4 Å². The number of hydrogen-bond acceptors (Lipinski definition) is 4. The van der Waals surface area contributed by atoms with E-state index in [9.17, 15) is 5.11 Å². The topological polar surface area (TPSA) is 45.1 Å². The number of aromatic hydroxyl groups is 1. The van der Waals surface area contributed by atoms with Crippen LogP contribution in [0.3, 0.4) is 0 Å². The zero-order valence-electron chi connectivity index (χ0n) is 9.27. The predicted molar refractivity (Wildman–Crippen MR) is 66.7 cm³/mol. The second kappa shape index (κ2) is 4.63. The Bertz CT molecular complexity index is 464. The largest absolute Gasteiger partial charge is 0.508 e. The van der Waals surface area contributed by atoms with Crippen LogP contribution in [0.2, 0.25) is 0 Å². The molecular weight excluding hydrogens is 220 g/mol. The van der Waals surface area contributed by atoms with E-state index in [-0.39, 0.29) is 11.8 Å². The molecule has 1 aromatic carbocycles. The molecule has 0 aliphatic rings. The Hall–Kier alpha value is -1.39. The molecule has 0 spiro atoms. The summed E-state index contributed by atoms with van der Waals surface area (Å²) in [5.41, 5.74) is 2.09. The van der Waals surface area contributed by atoms with Gasteiger partial charge in [-0.05, 0) is 38.2 Å². The van der Waals surface area contributed by atoms with Crippen LogP contribution in [0.5, 0.6) is 5.75 Å². The minimum absolute atomic E-state index is 0.266. The highest BCUT2D eigenvalue weighted by molar-refractivity contribution is 7.13. The summed E-state index contributed by atoms with van der Waals surface area (Å²) in [6.07, 6.45) is 0. The van der Waals surface area contributed by atoms with Gasteiger partial charge in [0, 0.05) is 17.0 Å². The fraction of sp³-hybridized carbons (Fsp3) is 0.250. The number of aromatic nitrogens is 1. The quantitative estimate of drug-likeness (QED) is 0.858. The first-order valence-corrected chi connectivity index (χ1v) is 6.01. The number of phenols is 1. The van der Waals surface area contributed by atoms with E-state index in [0.717, 1.165) is 16.3 Å². The highest BCUT2D eigenvalue weighted by Crippen LogP contribution is 2.27. The molecule has 0 fully saturated rings. The lowest BCUT2D eigenvalue weighted by Crippen LogP contribution is -2.12. The molecule has 84 valence electrons. The average molecular weight is 234 g/mol. The first-order chi connectivity index (χ1) is 7.70. The van der Waals surface area contributed by atoms with Gasteiger partial charge in [-0.1, -0.05) is 0 Å². The van der Waals surface area contributed by atoms with Gasteiger partial charge in [-0.25, -0.2) is 4.98 Å². The molecule has 2 N–H and O–H groups in total. The highest BCUT2D eigenvalue weighted by atomic mass is 32.1. The monoisotopic (exact) mass is 234 g/mol. The van der Waals surface area contributed by atoms with E-state index < -0.39 is 0 Å². The minimum atomic E-state index is 0.266. The Morgan fingerprint density at radius 1 is 1.31 bits per heavy atom. The molecule has 0 aliphatic heterocycles. The van der Waals surface area contributed by atoms with Gasteiger partial charge in [0.25, 0.3) is 0 Å². The molecule has 1 atom stereocenters. The molecule has 0 radical (unpaired) electrons. The van der Waals surface area contributed by atoms with Crippen LogP contribution in [0, 0.1) is 0 Å². The maximum atomic E-state index is 9.21. The van der Waals surface area contributed by atoms with E-state index in [1.165, 1.54) is 0 Å². The van der Waals surface area contributed by atoms with Crippen LogP contribution < -0.4 is 5.32 Å². The van der Waals surface area contributed by atoms with Crippen molar-refractivity contribution in [1.29, 1.82) is 0 Å². The first kappa shape index (κ1) is 11.1. The number of benzene rings is 1. The van der Waals surface area contributed by atoms with E-state index in [1.807, 2.05) is 19.2 Å². The molecule has 0 bridgehead atoms. The Morgan fingerprint density at radius 3 is 2.62 bits per heavy atom. The average Bonchev–Trinajstić information content (AvgIpc) is 2.78.